The first-order chi connectivity index (χ1) is 27.4. The Kier molecular flexibility index (Phi) is 39.2. The maximum atomic E-state index is 12.7. The van der Waals surface area contributed by atoms with Crippen LogP contribution in [-0.2, 0) is 18.4 Å². The molecule has 0 saturated heterocycles. The van der Waals surface area contributed by atoms with E-state index in [1.807, 2.05) is 6.08 Å². The number of allylic oxidation sites excluding steroid dienone is 19. The van der Waals surface area contributed by atoms with Crippen molar-refractivity contribution in [3.05, 3.63) is 122 Å². The number of nitrogens with one attached hydrogen (secondary N) is 1. The molecule has 56 heavy (non-hydrogen) atoms. The molecule has 0 aliphatic heterocycles. The topological polar surface area (TPSA) is 131 Å². The Morgan fingerprint density at radius 2 is 1.05 bits per heavy atom. The first kappa shape index (κ1) is 52.9. The van der Waals surface area contributed by atoms with E-state index in [1.165, 1.54) is 25.7 Å². The van der Waals surface area contributed by atoms with Gasteiger partial charge in [-0.25, -0.2) is 4.57 Å². The monoisotopic (exact) mass is 797 g/mol. The molecule has 316 valence electrons. The third-order valence-corrected chi connectivity index (χ3v) is 9.23. The minimum atomic E-state index is -4.37. The fourth-order valence-corrected chi connectivity index (χ4v) is 5.85. The lowest BCUT2D eigenvalue weighted by Crippen LogP contribution is -2.45. The molecule has 0 aliphatic carbocycles. The van der Waals surface area contributed by atoms with Gasteiger partial charge in [-0.1, -0.05) is 155 Å². The van der Waals surface area contributed by atoms with Crippen molar-refractivity contribution in [1.29, 1.82) is 0 Å². The van der Waals surface area contributed by atoms with Crippen molar-refractivity contribution in [2.45, 2.75) is 148 Å². The van der Waals surface area contributed by atoms with E-state index in [0.717, 1.165) is 77.0 Å². The van der Waals surface area contributed by atoms with Gasteiger partial charge in [-0.05, 0) is 96.3 Å². The third kappa shape index (κ3) is 39.1. The summed E-state index contributed by atoms with van der Waals surface area (Å²) in [5.74, 6) is -0.273. The third-order valence-electron chi connectivity index (χ3n) is 8.25. The predicted molar refractivity (Wildman–Crippen MR) is 239 cm³/mol. The largest absolute Gasteiger partial charge is 0.472 e. The number of aliphatic hydroxyl groups is 1. The maximum Gasteiger partial charge on any atom is 0.472 e. The van der Waals surface area contributed by atoms with Gasteiger partial charge < -0.3 is 21.1 Å². The SMILES string of the molecule is CC/C=C\C/C=C\C/C=C\C/C=C\C/C=C\C/C=C\C/C=C\CCCC(=O)NC(COP(=O)(O)OCCN)C(O)/C=C/CC/C=C/CC/C=C/CCCCCC. The van der Waals surface area contributed by atoms with Crippen molar-refractivity contribution < 1.29 is 28.4 Å². The van der Waals surface area contributed by atoms with Crippen LogP contribution in [0.1, 0.15) is 136 Å². The molecule has 0 fully saturated rings. The molecule has 5 N–H and O–H groups in total. The van der Waals surface area contributed by atoms with Crippen LogP contribution in [-0.4, -0.2) is 47.8 Å². The van der Waals surface area contributed by atoms with E-state index in [9.17, 15) is 19.4 Å². The first-order valence-electron chi connectivity index (χ1n) is 21.2. The van der Waals surface area contributed by atoms with Crippen molar-refractivity contribution in [2.24, 2.45) is 5.73 Å². The van der Waals surface area contributed by atoms with Crippen molar-refractivity contribution in [3.8, 4) is 0 Å². The Morgan fingerprint density at radius 3 is 1.55 bits per heavy atom. The highest BCUT2D eigenvalue weighted by Crippen LogP contribution is 2.43. The number of carbonyl (C=O) groups is 1. The molecule has 0 bridgehead atoms. The smallest absolute Gasteiger partial charge is 0.387 e. The Labute approximate surface area is 341 Å². The summed E-state index contributed by atoms with van der Waals surface area (Å²) in [6.45, 7) is 3.88. The molecule has 9 heteroatoms. The quantitative estimate of drug-likeness (QED) is 0.0280. The number of unbranched alkanes of at least 4 members (excludes halogenated alkanes) is 7. The molecule has 0 aromatic rings. The number of rotatable bonds is 37. The summed E-state index contributed by atoms with van der Waals surface area (Å²) in [7, 11) is -4.37. The summed E-state index contributed by atoms with van der Waals surface area (Å²) in [5, 5.41) is 13.6. The van der Waals surface area contributed by atoms with E-state index in [4.69, 9.17) is 14.8 Å². The molecule has 0 saturated carbocycles. The molecule has 0 heterocycles. The fourth-order valence-electron chi connectivity index (χ4n) is 5.09. The minimum absolute atomic E-state index is 0.0551. The average molecular weight is 797 g/mol. The fraction of sp³-hybridized carbons (Fsp3) is 0.553. The highest BCUT2D eigenvalue weighted by atomic mass is 31.2. The van der Waals surface area contributed by atoms with Crippen LogP contribution in [0, 0.1) is 0 Å². The van der Waals surface area contributed by atoms with Crippen molar-refractivity contribution in [3.63, 3.8) is 0 Å². The van der Waals surface area contributed by atoms with E-state index < -0.39 is 26.6 Å². The van der Waals surface area contributed by atoms with E-state index in [2.05, 4.69) is 129 Å². The van der Waals surface area contributed by atoms with Crippen LogP contribution in [0.2, 0.25) is 0 Å². The zero-order valence-electron chi connectivity index (χ0n) is 34.8. The highest BCUT2D eigenvalue weighted by molar-refractivity contribution is 7.47. The second-order valence-corrected chi connectivity index (χ2v) is 14.9. The zero-order valence-corrected chi connectivity index (χ0v) is 35.7. The van der Waals surface area contributed by atoms with Crippen LogP contribution in [0.5, 0.6) is 0 Å². The van der Waals surface area contributed by atoms with Crippen LogP contribution in [0.25, 0.3) is 0 Å². The number of amides is 1. The van der Waals surface area contributed by atoms with E-state index in [0.29, 0.717) is 12.8 Å². The lowest BCUT2D eigenvalue weighted by atomic mass is 10.1. The molecule has 0 spiro atoms. The van der Waals surface area contributed by atoms with Gasteiger partial charge in [0.05, 0.1) is 25.4 Å². The Balaban J connectivity index is 4.44. The summed E-state index contributed by atoms with van der Waals surface area (Å²) in [5.41, 5.74) is 5.36. The molecule has 0 rings (SSSR count). The minimum Gasteiger partial charge on any atom is -0.387 e. The molecule has 3 atom stereocenters. The number of aliphatic hydroxyl groups excluding tert-OH is 1. The summed E-state index contributed by atoms with van der Waals surface area (Å²) in [6, 6.07) is -0.923. The number of hydrogen-bond acceptors (Lipinski definition) is 6. The van der Waals surface area contributed by atoms with Gasteiger partial charge in [0.2, 0.25) is 5.91 Å². The molecule has 0 aliphatic rings. The number of phosphoric acid groups is 1. The summed E-state index contributed by atoms with van der Waals surface area (Å²) >= 11 is 0. The number of carbonyl (C=O) groups excluding carboxylic acids is 1. The van der Waals surface area contributed by atoms with Gasteiger partial charge in [0.15, 0.2) is 0 Å². The standard InChI is InChI=1S/C47H77N2O6P/c1-3-5-7-9-11-13-15-17-19-20-21-22-23-24-25-26-27-29-31-33-35-37-39-41-47(51)49-45(44-55-56(52,53)54-43-42-48)46(50)40-38-36-34-32-30-28-18-16-14-12-10-8-6-4-2/h5,7,11,13-14,16-17,19,21-22,24-25,27,29-30,32-33,35,38,40,45-46,50H,3-4,6,8-10,12,15,18,20,23,26,28,31,34,36-37,39,41-44,48H2,1-2H3,(H,49,51)(H,52,53)/b7-5-,13-11-,16-14+,19-17-,22-21-,25-24-,29-27-,32-30+,35-33-,40-38+. The van der Waals surface area contributed by atoms with Crippen LogP contribution in [0.15, 0.2) is 122 Å². The van der Waals surface area contributed by atoms with Crippen molar-refractivity contribution in [2.75, 3.05) is 19.8 Å². The van der Waals surface area contributed by atoms with Gasteiger partial charge in [-0.3, -0.25) is 13.8 Å². The van der Waals surface area contributed by atoms with Gasteiger partial charge >= 0.3 is 7.82 Å². The van der Waals surface area contributed by atoms with Crippen LogP contribution < -0.4 is 11.1 Å². The molecule has 0 aromatic heterocycles. The summed E-state index contributed by atoms with van der Waals surface area (Å²) in [6.07, 6.45) is 59.7. The molecule has 1 amide bonds. The molecular weight excluding hydrogens is 719 g/mol. The number of nitrogens with two attached hydrogens (primary N) is 1. The maximum absolute atomic E-state index is 12.7. The second kappa shape index (κ2) is 41.5. The lowest BCUT2D eigenvalue weighted by Gasteiger charge is -2.23. The number of hydrogen-bond donors (Lipinski definition) is 4. The number of phosphoric ester groups is 1. The van der Waals surface area contributed by atoms with Crippen molar-refractivity contribution in [1.82, 2.24) is 5.32 Å². The summed E-state index contributed by atoms with van der Waals surface area (Å²) in [4.78, 5) is 22.7. The highest BCUT2D eigenvalue weighted by Gasteiger charge is 2.26. The van der Waals surface area contributed by atoms with Crippen LogP contribution in [0.4, 0.5) is 0 Å². The molecule has 3 unspecified atom stereocenters. The van der Waals surface area contributed by atoms with Crippen molar-refractivity contribution >= 4 is 13.7 Å². The average Bonchev–Trinajstić information content (AvgIpc) is 3.19. The Morgan fingerprint density at radius 1 is 0.607 bits per heavy atom. The normalized spacial score (nSPS) is 15.3. The Hall–Kier alpha value is -3.10. The van der Waals surface area contributed by atoms with E-state index in [1.54, 1.807) is 6.08 Å². The molecule has 0 aromatic carbocycles. The molecule has 0 radical (unpaired) electrons. The zero-order chi connectivity index (χ0) is 41.1. The molecular formula is C47H77N2O6P. The van der Waals surface area contributed by atoms with E-state index >= 15 is 0 Å². The molecule has 8 nitrogen and oxygen atoms in total. The first-order valence-corrected chi connectivity index (χ1v) is 22.7. The van der Waals surface area contributed by atoms with E-state index in [-0.39, 0.29) is 25.5 Å². The summed E-state index contributed by atoms with van der Waals surface area (Å²) < 4.78 is 22.0. The lowest BCUT2D eigenvalue weighted by molar-refractivity contribution is -0.122. The van der Waals surface area contributed by atoms with Gasteiger partial charge in [0.25, 0.3) is 0 Å². The van der Waals surface area contributed by atoms with Gasteiger partial charge in [0, 0.05) is 13.0 Å². The van der Waals surface area contributed by atoms with Gasteiger partial charge in [0.1, 0.15) is 0 Å². The van der Waals surface area contributed by atoms with Gasteiger partial charge in [-0.2, -0.15) is 0 Å². The van der Waals surface area contributed by atoms with Crippen LogP contribution in [0.3, 0.4) is 0 Å². The van der Waals surface area contributed by atoms with Gasteiger partial charge in [-0.15, -0.1) is 0 Å². The predicted octanol–water partition coefficient (Wildman–Crippen LogP) is 11.9. The Bertz CT molecular complexity index is 1280. The van der Waals surface area contributed by atoms with Crippen LogP contribution >= 0.6 is 7.82 Å². The second-order valence-electron chi connectivity index (χ2n) is 13.4.